The van der Waals surface area contributed by atoms with Crippen LogP contribution in [-0.4, -0.2) is 52.9 Å². The first-order valence-corrected chi connectivity index (χ1v) is 9.22. The van der Waals surface area contributed by atoms with Crippen molar-refractivity contribution in [2.45, 2.75) is 45.7 Å². The van der Waals surface area contributed by atoms with Crippen molar-refractivity contribution in [3.05, 3.63) is 18.2 Å². The molecule has 1 atom stereocenters. The van der Waals surface area contributed by atoms with Crippen LogP contribution in [0.4, 0.5) is 0 Å². The third-order valence-corrected chi connectivity index (χ3v) is 5.70. The maximum Gasteiger partial charge on any atom is 0.242 e. The van der Waals surface area contributed by atoms with Gasteiger partial charge < -0.3 is 9.47 Å². The highest BCUT2D eigenvalue weighted by molar-refractivity contribution is 7.91. The maximum absolute atomic E-state index is 12.5. The fraction of sp³-hybridized carbons (Fsp3) is 0.714. The lowest BCUT2D eigenvalue weighted by molar-refractivity contribution is -0.133. The quantitative estimate of drug-likeness (QED) is 0.785. The summed E-state index contributed by atoms with van der Waals surface area (Å²) in [6.07, 6.45) is 5.87. The molecule has 1 unspecified atom stereocenters. The van der Waals surface area contributed by atoms with Crippen LogP contribution in [0.5, 0.6) is 0 Å². The van der Waals surface area contributed by atoms with Gasteiger partial charge in [-0.05, 0) is 19.8 Å². The molecular weight excluding hydrogens is 290 g/mol. The monoisotopic (exact) mass is 313 g/mol. The number of hydrogen-bond acceptors (Lipinski definition) is 4. The second kappa shape index (κ2) is 6.60. The Bertz CT molecular complexity index is 594. The normalized spacial score (nSPS) is 20.6. The van der Waals surface area contributed by atoms with Gasteiger partial charge in [-0.25, -0.2) is 13.4 Å². The number of imidazole rings is 1. The fourth-order valence-corrected chi connectivity index (χ4v) is 4.40. The van der Waals surface area contributed by atoms with Gasteiger partial charge in [0.15, 0.2) is 9.84 Å². The van der Waals surface area contributed by atoms with E-state index < -0.39 is 9.84 Å². The minimum atomic E-state index is -2.98. The molecule has 1 aromatic rings. The van der Waals surface area contributed by atoms with E-state index in [-0.39, 0.29) is 30.0 Å². The predicted molar refractivity (Wildman–Crippen MR) is 80.6 cm³/mol. The molecule has 0 bridgehead atoms. The van der Waals surface area contributed by atoms with Gasteiger partial charge in [-0.3, -0.25) is 4.79 Å². The Kier molecular flexibility index (Phi) is 5.03. The average Bonchev–Trinajstić information content (AvgIpc) is 2.97. The number of nitrogens with zero attached hydrogens (tertiary/aromatic N) is 3. The standard InChI is InChI=1S/C14H23N3O3S/c1-3-4-7-17(13-5-9-21(19,20)11-13)14(18)10-16-8-6-15-12(16)2/h6,8,13H,3-5,7,9-11H2,1-2H3. The van der Waals surface area contributed by atoms with E-state index in [4.69, 9.17) is 0 Å². The van der Waals surface area contributed by atoms with E-state index in [1.165, 1.54) is 0 Å². The molecule has 21 heavy (non-hydrogen) atoms. The second-order valence-corrected chi connectivity index (χ2v) is 7.83. The fourth-order valence-electron chi connectivity index (χ4n) is 2.67. The third-order valence-electron chi connectivity index (χ3n) is 3.95. The highest BCUT2D eigenvalue weighted by atomic mass is 32.2. The van der Waals surface area contributed by atoms with Crippen LogP contribution in [0.15, 0.2) is 12.4 Å². The zero-order valence-corrected chi connectivity index (χ0v) is 13.5. The van der Waals surface area contributed by atoms with Crippen molar-refractivity contribution in [3.63, 3.8) is 0 Å². The van der Waals surface area contributed by atoms with Crippen molar-refractivity contribution >= 4 is 15.7 Å². The van der Waals surface area contributed by atoms with Crippen LogP contribution in [0.2, 0.25) is 0 Å². The van der Waals surface area contributed by atoms with Gasteiger partial charge in [0.2, 0.25) is 5.91 Å². The van der Waals surface area contributed by atoms with Gasteiger partial charge in [0.1, 0.15) is 12.4 Å². The molecule has 1 aromatic heterocycles. The number of carbonyl (C=O) groups excluding carboxylic acids is 1. The van der Waals surface area contributed by atoms with E-state index in [1.54, 1.807) is 21.9 Å². The minimum absolute atomic E-state index is 0.0216. The van der Waals surface area contributed by atoms with Crippen LogP contribution >= 0.6 is 0 Å². The predicted octanol–water partition coefficient (Wildman–Crippen LogP) is 1.01. The molecule has 1 amide bonds. The van der Waals surface area contributed by atoms with E-state index >= 15 is 0 Å². The number of carbonyl (C=O) groups is 1. The van der Waals surface area contributed by atoms with Crippen LogP contribution in [0.1, 0.15) is 32.0 Å². The number of aromatic nitrogens is 2. The van der Waals surface area contributed by atoms with Crippen LogP contribution in [-0.2, 0) is 21.2 Å². The largest absolute Gasteiger partial charge is 0.337 e. The summed E-state index contributed by atoms with van der Waals surface area (Å²) in [5.74, 6) is 1.06. The highest BCUT2D eigenvalue weighted by Crippen LogP contribution is 2.19. The van der Waals surface area contributed by atoms with Crippen molar-refractivity contribution < 1.29 is 13.2 Å². The SMILES string of the molecule is CCCCN(C(=O)Cn1ccnc1C)C1CCS(=O)(=O)C1. The van der Waals surface area contributed by atoms with Crippen molar-refractivity contribution in [1.29, 1.82) is 0 Å². The summed E-state index contributed by atoms with van der Waals surface area (Å²) < 4.78 is 25.1. The molecule has 2 rings (SSSR count). The summed E-state index contributed by atoms with van der Waals surface area (Å²) in [4.78, 5) is 18.4. The number of amides is 1. The van der Waals surface area contributed by atoms with E-state index in [1.807, 2.05) is 6.92 Å². The molecule has 0 aliphatic carbocycles. The molecule has 1 aliphatic rings. The molecule has 2 heterocycles. The second-order valence-electron chi connectivity index (χ2n) is 5.60. The van der Waals surface area contributed by atoms with Crippen LogP contribution < -0.4 is 0 Å². The lowest BCUT2D eigenvalue weighted by Crippen LogP contribution is -2.43. The van der Waals surface area contributed by atoms with Gasteiger partial charge in [-0.1, -0.05) is 13.3 Å². The Morgan fingerprint density at radius 1 is 1.52 bits per heavy atom. The average molecular weight is 313 g/mol. The number of unbranched alkanes of at least 4 members (excludes halogenated alkanes) is 1. The molecular formula is C14H23N3O3S. The molecule has 118 valence electrons. The highest BCUT2D eigenvalue weighted by Gasteiger charge is 2.34. The Labute approximate surface area is 126 Å². The first kappa shape index (κ1) is 16.0. The van der Waals surface area contributed by atoms with E-state index in [9.17, 15) is 13.2 Å². The zero-order chi connectivity index (χ0) is 15.5. The molecule has 1 aliphatic heterocycles. The summed E-state index contributed by atoms with van der Waals surface area (Å²) in [5, 5.41) is 0. The Hall–Kier alpha value is -1.37. The lowest BCUT2D eigenvalue weighted by Gasteiger charge is -2.28. The molecule has 0 saturated carbocycles. The number of hydrogen-bond donors (Lipinski definition) is 0. The summed E-state index contributed by atoms with van der Waals surface area (Å²) in [5.41, 5.74) is 0. The molecule has 1 fully saturated rings. The van der Waals surface area contributed by atoms with Gasteiger partial charge in [0.05, 0.1) is 11.5 Å². The maximum atomic E-state index is 12.5. The molecule has 1 saturated heterocycles. The summed E-state index contributed by atoms with van der Waals surface area (Å²) in [7, 11) is -2.98. The number of aryl methyl sites for hydroxylation is 1. The first-order valence-electron chi connectivity index (χ1n) is 7.40. The van der Waals surface area contributed by atoms with Gasteiger partial charge in [-0.15, -0.1) is 0 Å². The molecule has 0 aromatic carbocycles. The van der Waals surface area contributed by atoms with Crippen LogP contribution in [0, 0.1) is 6.92 Å². The number of sulfone groups is 1. The van der Waals surface area contributed by atoms with Crippen LogP contribution in [0.25, 0.3) is 0 Å². The van der Waals surface area contributed by atoms with Crippen LogP contribution in [0.3, 0.4) is 0 Å². The molecule has 0 spiro atoms. The van der Waals surface area contributed by atoms with Gasteiger partial charge in [0.25, 0.3) is 0 Å². The van der Waals surface area contributed by atoms with Crippen molar-refractivity contribution in [2.75, 3.05) is 18.1 Å². The Morgan fingerprint density at radius 3 is 2.81 bits per heavy atom. The van der Waals surface area contributed by atoms with Gasteiger partial charge in [0, 0.05) is 25.0 Å². The van der Waals surface area contributed by atoms with E-state index in [2.05, 4.69) is 11.9 Å². The first-order chi connectivity index (χ1) is 9.93. The molecule has 0 radical (unpaired) electrons. The van der Waals surface area contributed by atoms with Crippen molar-refractivity contribution in [1.82, 2.24) is 14.5 Å². The Balaban J connectivity index is 2.08. The molecule has 0 N–H and O–H groups in total. The third kappa shape index (κ3) is 4.06. The lowest BCUT2D eigenvalue weighted by atomic mass is 10.2. The number of rotatable bonds is 6. The minimum Gasteiger partial charge on any atom is -0.337 e. The van der Waals surface area contributed by atoms with Crippen molar-refractivity contribution in [3.8, 4) is 0 Å². The van der Waals surface area contributed by atoms with Gasteiger partial charge in [-0.2, -0.15) is 0 Å². The molecule has 6 nitrogen and oxygen atoms in total. The summed E-state index contributed by atoms with van der Waals surface area (Å²) >= 11 is 0. The zero-order valence-electron chi connectivity index (χ0n) is 12.7. The summed E-state index contributed by atoms with van der Waals surface area (Å²) in [6.45, 7) is 4.77. The smallest absolute Gasteiger partial charge is 0.242 e. The van der Waals surface area contributed by atoms with Crippen molar-refractivity contribution in [2.24, 2.45) is 0 Å². The topological polar surface area (TPSA) is 72.3 Å². The van der Waals surface area contributed by atoms with Gasteiger partial charge >= 0.3 is 0 Å². The van der Waals surface area contributed by atoms with E-state index in [0.29, 0.717) is 13.0 Å². The molecule has 7 heteroatoms. The van der Waals surface area contributed by atoms with E-state index in [0.717, 1.165) is 18.7 Å². The summed E-state index contributed by atoms with van der Waals surface area (Å²) in [6, 6.07) is -0.169. The Morgan fingerprint density at radius 2 is 2.29 bits per heavy atom.